The molecule has 1 aromatic carbocycles. The van der Waals surface area contributed by atoms with Crippen molar-refractivity contribution >= 4 is 34.2 Å². The number of anilines is 1. The van der Waals surface area contributed by atoms with Crippen LogP contribution in [-0.4, -0.2) is 31.1 Å². The molecule has 116 valence electrons. The monoisotopic (exact) mass is 372 g/mol. The van der Waals surface area contributed by atoms with Gasteiger partial charge in [-0.15, -0.1) is 0 Å². The van der Waals surface area contributed by atoms with E-state index in [4.69, 9.17) is 11.6 Å². The Kier molecular flexibility index (Phi) is 4.24. The molecule has 0 fully saturated rings. The van der Waals surface area contributed by atoms with Gasteiger partial charge in [0, 0.05) is 6.20 Å². The summed E-state index contributed by atoms with van der Waals surface area (Å²) in [6, 6.07) is 1.43. The van der Waals surface area contributed by atoms with Gasteiger partial charge in [-0.3, -0.25) is 9.59 Å². The fourth-order valence-corrected chi connectivity index (χ4v) is 2.77. The van der Waals surface area contributed by atoms with E-state index in [0.29, 0.717) is 0 Å². The van der Waals surface area contributed by atoms with Gasteiger partial charge in [0.2, 0.25) is 0 Å². The molecule has 1 aliphatic rings. The standard InChI is InChI=1S/C13H6ClN4O5.K/c14-3-1-2-15-12(21)4(3)11-16-6-7(17-11)10(20)8-5(9(6)19)13(22)18(8)23;/h1-2,19-20H,(H,15,21)(H,16,17);/q-1;+1. The van der Waals surface area contributed by atoms with Gasteiger partial charge < -0.3 is 30.5 Å². The smallest absolute Gasteiger partial charge is 0.751 e. The molecule has 0 radical (unpaired) electrons. The number of H-pyrrole nitrogens is 2. The van der Waals surface area contributed by atoms with Gasteiger partial charge in [0.15, 0.2) is 11.5 Å². The van der Waals surface area contributed by atoms with Crippen molar-refractivity contribution in [3.05, 3.63) is 38.4 Å². The molecule has 0 saturated heterocycles. The predicted molar refractivity (Wildman–Crippen MR) is 80.7 cm³/mol. The molecule has 0 saturated carbocycles. The normalized spacial score (nSPS) is 12.8. The molecule has 4 N–H and O–H groups in total. The fraction of sp³-hybridized carbons (Fsp3) is 0. The molecule has 1 amide bonds. The molecule has 4 rings (SSSR count). The third kappa shape index (κ3) is 2.15. The number of halogens is 1. The second kappa shape index (κ2) is 5.84. The quantitative estimate of drug-likeness (QED) is 0.300. The van der Waals surface area contributed by atoms with Crippen LogP contribution in [0, 0.1) is 5.21 Å². The average molecular weight is 373 g/mol. The van der Waals surface area contributed by atoms with Gasteiger partial charge in [-0.2, -0.15) is 0 Å². The minimum absolute atomic E-state index is 0. The number of amides is 1. The van der Waals surface area contributed by atoms with E-state index in [1.54, 1.807) is 0 Å². The number of aromatic nitrogens is 3. The first-order valence-corrected chi connectivity index (χ1v) is 6.66. The number of hydroxylamine groups is 1. The SMILES string of the molecule is O=C1c2c(c(O)c3nc(-c4c(Cl)cc[nH]c4=O)[nH]c3c2O)N1[O-].[K+]. The first-order valence-electron chi connectivity index (χ1n) is 6.28. The molecule has 0 bridgehead atoms. The largest absolute Gasteiger partial charge is 1.00 e. The molecule has 0 atom stereocenters. The van der Waals surface area contributed by atoms with Crippen LogP contribution in [-0.2, 0) is 0 Å². The number of carbonyl (C=O) groups excluding carboxylic acids is 1. The Balaban J connectivity index is 0.00000169. The zero-order chi connectivity index (χ0) is 16.5. The van der Waals surface area contributed by atoms with E-state index in [1.165, 1.54) is 12.3 Å². The van der Waals surface area contributed by atoms with E-state index in [9.17, 15) is 25.0 Å². The molecule has 0 unspecified atom stereocenters. The van der Waals surface area contributed by atoms with E-state index < -0.39 is 23.0 Å². The third-order valence-corrected chi connectivity index (χ3v) is 3.93. The van der Waals surface area contributed by atoms with Crippen LogP contribution in [0.5, 0.6) is 11.5 Å². The number of nitrogens with zero attached hydrogens (tertiary/aromatic N) is 2. The van der Waals surface area contributed by atoms with Gasteiger partial charge >= 0.3 is 51.4 Å². The number of phenolic OH excluding ortho intramolecular Hbond substituents is 2. The topological polar surface area (TPSA) is 145 Å². The van der Waals surface area contributed by atoms with E-state index in [0.717, 1.165) is 0 Å². The summed E-state index contributed by atoms with van der Waals surface area (Å²) in [5.41, 5.74) is -1.41. The summed E-state index contributed by atoms with van der Waals surface area (Å²) in [4.78, 5) is 32.5. The van der Waals surface area contributed by atoms with E-state index in [2.05, 4.69) is 15.0 Å². The summed E-state index contributed by atoms with van der Waals surface area (Å²) in [6.07, 6.45) is 1.35. The van der Waals surface area contributed by atoms with Gasteiger partial charge in [-0.1, -0.05) is 11.6 Å². The Morgan fingerprint density at radius 3 is 2.58 bits per heavy atom. The number of aromatic hydroxyl groups is 2. The molecular weight excluding hydrogens is 367 g/mol. The zero-order valence-electron chi connectivity index (χ0n) is 12.0. The zero-order valence-corrected chi connectivity index (χ0v) is 15.9. The summed E-state index contributed by atoms with van der Waals surface area (Å²) < 4.78 is 0. The second-order valence-corrected chi connectivity index (χ2v) is 5.27. The molecular formula is C13H6ClKN4O5. The third-order valence-electron chi connectivity index (χ3n) is 3.61. The molecule has 0 aliphatic carbocycles. The van der Waals surface area contributed by atoms with Crippen molar-refractivity contribution in [2.45, 2.75) is 0 Å². The molecule has 9 nitrogen and oxygen atoms in total. The van der Waals surface area contributed by atoms with Crippen molar-refractivity contribution in [3.8, 4) is 22.9 Å². The van der Waals surface area contributed by atoms with Crippen LogP contribution in [0.3, 0.4) is 0 Å². The number of rotatable bonds is 1. The summed E-state index contributed by atoms with van der Waals surface area (Å²) in [5.74, 6) is -2.07. The van der Waals surface area contributed by atoms with Crippen molar-refractivity contribution in [2.24, 2.45) is 0 Å². The Bertz CT molecular complexity index is 1080. The number of nitrogens with one attached hydrogen (secondary N) is 2. The molecule has 11 heteroatoms. The Morgan fingerprint density at radius 1 is 1.21 bits per heavy atom. The van der Waals surface area contributed by atoms with Gasteiger partial charge in [0.1, 0.15) is 28.0 Å². The Labute approximate surface area is 180 Å². The van der Waals surface area contributed by atoms with Crippen molar-refractivity contribution in [3.63, 3.8) is 0 Å². The van der Waals surface area contributed by atoms with Crippen LogP contribution in [0.4, 0.5) is 5.69 Å². The summed E-state index contributed by atoms with van der Waals surface area (Å²) in [7, 11) is 0. The number of hydrogen-bond donors (Lipinski definition) is 4. The minimum atomic E-state index is -0.971. The summed E-state index contributed by atoms with van der Waals surface area (Å²) in [5, 5.41) is 31.7. The van der Waals surface area contributed by atoms with Gasteiger partial charge in [-0.05, 0) is 6.07 Å². The molecule has 1 aliphatic heterocycles. The number of imidazole rings is 1. The molecule has 2 aromatic heterocycles. The van der Waals surface area contributed by atoms with Gasteiger partial charge in [0.05, 0.1) is 10.7 Å². The van der Waals surface area contributed by atoms with Crippen molar-refractivity contribution in [1.29, 1.82) is 0 Å². The van der Waals surface area contributed by atoms with E-state index in [-0.39, 0.29) is 95.1 Å². The molecule has 3 heterocycles. The van der Waals surface area contributed by atoms with Crippen molar-refractivity contribution < 1.29 is 66.4 Å². The van der Waals surface area contributed by atoms with Gasteiger partial charge in [0.25, 0.3) is 11.5 Å². The van der Waals surface area contributed by atoms with Crippen LogP contribution in [0.15, 0.2) is 17.1 Å². The number of aromatic amines is 2. The van der Waals surface area contributed by atoms with E-state index >= 15 is 0 Å². The number of phenols is 2. The number of pyridine rings is 1. The van der Waals surface area contributed by atoms with Crippen LogP contribution in [0.1, 0.15) is 10.4 Å². The average Bonchev–Trinajstić information content (AvgIpc) is 2.95. The summed E-state index contributed by atoms with van der Waals surface area (Å²) in [6.45, 7) is 0. The van der Waals surface area contributed by atoms with Gasteiger partial charge in [-0.25, -0.2) is 4.98 Å². The maximum atomic E-state index is 11.9. The minimum Gasteiger partial charge on any atom is -0.751 e. The van der Waals surface area contributed by atoms with Crippen molar-refractivity contribution in [2.75, 3.05) is 5.06 Å². The van der Waals surface area contributed by atoms with Crippen LogP contribution in [0.2, 0.25) is 5.02 Å². The first kappa shape index (κ1) is 17.4. The predicted octanol–water partition coefficient (Wildman–Crippen LogP) is -1.56. The van der Waals surface area contributed by atoms with Crippen molar-refractivity contribution in [1.82, 2.24) is 15.0 Å². The maximum absolute atomic E-state index is 11.9. The molecule has 3 aromatic rings. The Hall–Kier alpha value is -1.40. The summed E-state index contributed by atoms with van der Waals surface area (Å²) >= 11 is 5.98. The first-order chi connectivity index (χ1) is 10.9. The molecule has 0 spiro atoms. The number of benzene rings is 1. The Morgan fingerprint density at radius 2 is 1.92 bits per heavy atom. The molecule has 24 heavy (non-hydrogen) atoms. The van der Waals surface area contributed by atoms with E-state index in [1.807, 2.05) is 0 Å². The fourth-order valence-electron chi connectivity index (χ4n) is 2.53. The number of carbonyl (C=O) groups is 1. The number of hydrogen-bond acceptors (Lipinski definition) is 6. The van der Waals surface area contributed by atoms with Crippen LogP contribution < -0.4 is 62.0 Å². The number of fused-ring (bicyclic) bond motifs is 2. The maximum Gasteiger partial charge on any atom is 1.00 e. The second-order valence-electron chi connectivity index (χ2n) is 4.86. The van der Waals surface area contributed by atoms with Crippen LogP contribution >= 0.6 is 11.6 Å². The van der Waals surface area contributed by atoms with Crippen LogP contribution in [0.25, 0.3) is 22.4 Å².